The summed E-state index contributed by atoms with van der Waals surface area (Å²) in [5.41, 5.74) is 4.90. The second-order valence-electron chi connectivity index (χ2n) is 7.46. The Bertz CT molecular complexity index is 1290. The van der Waals surface area contributed by atoms with Gasteiger partial charge in [0.05, 0.1) is 18.9 Å². The third-order valence-corrected chi connectivity index (χ3v) is 5.14. The average molecular weight is 419 g/mol. The molecule has 0 aliphatic heterocycles. The molecule has 0 aliphatic carbocycles. The number of aromatic nitrogens is 6. The molecule has 2 aromatic heterocycles. The minimum Gasteiger partial charge on any atom is -0.248 e. The van der Waals surface area contributed by atoms with E-state index >= 15 is 0 Å². The summed E-state index contributed by atoms with van der Waals surface area (Å²) in [4.78, 5) is 1.69. The Labute approximate surface area is 186 Å². The van der Waals surface area contributed by atoms with E-state index in [1.807, 2.05) is 77.6 Å². The first-order valence-electron chi connectivity index (χ1n) is 10.5. The largest absolute Gasteiger partial charge is 0.248 e. The second kappa shape index (κ2) is 9.22. The first kappa shape index (κ1) is 19.6. The van der Waals surface area contributed by atoms with Crippen LogP contribution < -0.4 is 0 Å². The molecule has 5 rings (SSSR count). The maximum Gasteiger partial charge on any atom is 0.135 e. The lowest BCUT2D eigenvalue weighted by molar-refractivity contribution is 0.523. The molecule has 0 spiro atoms. The zero-order valence-electron chi connectivity index (χ0n) is 17.4. The van der Waals surface area contributed by atoms with Gasteiger partial charge in [0.25, 0.3) is 0 Å². The van der Waals surface area contributed by atoms with Crippen molar-refractivity contribution in [2.24, 2.45) is 0 Å². The van der Waals surface area contributed by atoms with E-state index in [9.17, 15) is 0 Å². The van der Waals surface area contributed by atoms with Gasteiger partial charge in [0.2, 0.25) is 0 Å². The van der Waals surface area contributed by atoms with Gasteiger partial charge in [-0.15, -0.1) is 5.10 Å². The third-order valence-electron chi connectivity index (χ3n) is 5.14. The summed E-state index contributed by atoms with van der Waals surface area (Å²) in [6.07, 6.45) is 7.86. The normalized spacial score (nSPS) is 12.2. The van der Waals surface area contributed by atoms with Gasteiger partial charge in [0.1, 0.15) is 17.4 Å². The number of allylic oxidation sites excluding steroid dienone is 1. The van der Waals surface area contributed by atoms with Crippen LogP contribution in [0, 0.1) is 0 Å². The minimum absolute atomic E-state index is 0.280. The van der Waals surface area contributed by atoms with Crippen LogP contribution in [0.4, 0.5) is 0 Å². The van der Waals surface area contributed by atoms with Crippen molar-refractivity contribution in [3.05, 3.63) is 126 Å². The van der Waals surface area contributed by atoms with Gasteiger partial charge in [-0.2, -0.15) is 15.0 Å². The highest BCUT2D eigenvalue weighted by Crippen LogP contribution is 2.21. The molecule has 32 heavy (non-hydrogen) atoms. The Hall–Kier alpha value is -4.32. The van der Waals surface area contributed by atoms with Crippen LogP contribution in [0.1, 0.15) is 22.9 Å². The summed E-state index contributed by atoms with van der Waals surface area (Å²) in [5, 5.41) is 18.1. The van der Waals surface area contributed by atoms with Crippen LogP contribution in [0.5, 0.6) is 0 Å². The van der Waals surface area contributed by atoms with Crippen molar-refractivity contribution in [1.82, 2.24) is 30.0 Å². The fraction of sp³-hybridized carbons (Fsp3) is 0.0769. The quantitative estimate of drug-likeness (QED) is 0.378. The van der Waals surface area contributed by atoms with Gasteiger partial charge < -0.3 is 0 Å². The van der Waals surface area contributed by atoms with Crippen LogP contribution in [0.3, 0.4) is 0 Å². The van der Waals surface area contributed by atoms with Crippen molar-refractivity contribution < 1.29 is 0 Å². The zero-order valence-corrected chi connectivity index (χ0v) is 17.4. The molecule has 0 radical (unpaired) electrons. The Morgan fingerprint density at radius 1 is 0.812 bits per heavy atom. The Balaban J connectivity index is 1.47. The van der Waals surface area contributed by atoms with Gasteiger partial charge in [-0.3, -0.25) is 0 Å². The molecule has 1 atom stereocenters. The highest BCUT2D eigenvalue weighted by molar-refractivity contribution is 5.57. The lowest BCUT2D eigenvalue weighted by Gasteiger charge is -2.09. The molecule has 0 saturated heterocycles. The fourth-order valence-corrected chi connectivity index (χ4v) is 3.51. The van der Waals surface area contributed by atoms with Crippen molar-refractivity contribution in [2.75, 3.05) is 0 Å². The molecule has 6 heteroatoms. The molecule has 0 amide bonds. The number of benzene rings is 3. The third kappa shape index (κ3) is 4.54. The van der Waals surface area contributed by atoms with Gasteiger partial charge >= 0.3 is 0 Å². The van der Waals surface area contributed by atoms with Crippen LogP contribution in [0.25, 0.3) is 17.3 Å². The van der Waals surface area contributed by atoms with Crippen molar-refractivity contribution in [2.45, 2.75) is 12.6 Å². The molecule has 5 aromatic rings. The Morgan fingerprint density at radius 3 is 2.25 bits per heavy atom. The lowest BCUT2D eigenvalue weighted by atomic mass is 10.1. The molecule has 0 fully saturated rings. The van der Waals surface area contributed by atoms with E-state index in [-0.39, 0.29) is 6.04 Å². The molecule has 3 aromatic carbocycles. The summed E-state index contributed by atoms with van der Waals surface area (Å²) in [6.45, 7) is 0.658. The van der Waals surface area contributed by atoms with E-state index in [0.29, 0.717) is 6.54 Å². The number of hydrogen-bond acceptors (Lipinski definition) is 4. The molecule has 0 saturated carbocycles. The zero-order chi connectivity index (χ0) is 21.6. The fourth-order valence-electron chi connectivity index (χ4n) is 3.51. The first-order valence-corrected chi connectivity index (χ1v) is 10.5. The summed E-state index contributed by atoms with van der Waals surface area (Å²) >= 11 is 0. The number of hydrogen-bond donors (Lipinski definition) is 0. The number of rotatable bonds is 7. The molecule has 0 bridgehead atoms. The molecule has 0 aliphatic rings. The van der Waals surface area contributed by atoms with Gasteiger partial charge in [0, 0.05) is 5.56 Å². The lowest BCUT2D eigenvalue weighted by Crippen LogP contribution is -2.12. The standard InChI is InChI=1S/C26H22N6/c1-4-10-21(11-5-1)16-17-26(32-27-18-24(29-32)23-14-8-3-9-15-23)25-20-31(30-28-25)19-22-12-6-2-7-13-22/h1-18,20,26H,19H2/b17-16+. The first-order chi connectivity index (χ1) is 15.8. The van der Waals surface area contributed by atoms with Crippen molar-refractivity contribution in [3.8, 4) is 11.3 Å². The van der Waals surface area contributed by atoms with Crippen LogP contribution in [0.2, 0.25) is 0 Å². The Kier molecular flexibility index (Phi) is 5.66. The monoisotopic (exact) mass is 418 g/mol. The van der Waals surface area contributed by atoms with Crippen LogP contribution >= 0.6 is 0 Å². The van der Waals surface area contributed by atoms with Gasteiger partial charge in [0.15, 0.2) is 0 Å². The molecular weight excluding hydrogens is 396 g/mol. The Morgan fingerprint density at radius 2 is 1.50 bits per heavy atom. The van der Waals surface area contributed by atoms with E-state index < -0.39 is 0 Å². The smallest absolute Gasteiger partial charge is 0.135 e. The van der Waals surface area contributed by atoms with Crippen LogP contribution in [-0.2, 0) is 6.54 Å². The molecule has 156 valence electrons. The summed E-state index contributed by atoms with van der Waals surface area (Å²) in [6, 6.07) is 30.1. The van der Waals surface area contributed by atoms with E-state index in [0.717, 1.165) is 22.5 Å². The highest BCUT2D eigenvalue weighted by atomic mass is 15.5. The molecular formula is C26H22N6. The maximum absolute atomic E-state index is 4.74. The predicted octanol–water partition coefficient (Wildman–Crippen LogP) is 4.89. The topological polar surface area (TPSA) is 61.4 Å². The maximum atomic E-state index is 4.74. The molecule has 1 unspecified atom stereocenters. The minimum atomic E-state index is -0.280. The van der Waals surface area contributed by atoms with Crippen LogP contribution in [0.15, 0.2) is 109 Å². The highest BCUT2D eigenvalue weighted by Gasteiger charge is 2.18. The average Bonchev–Trinajstić information content (AvgIpc) is 3.52. The van der Waals surface area contributed by atoms with Crippen molar-refractivity contribution >= 4 is 6.08 Å². The second-order valence-corrected chi connectivity index (χ2v) is 7.46. The molecule has 6 nitrogen and oxygen atoms in total. The van der Waals surface area contributed by atoms with E-state index in [1.54, 1.807) is 11.0 Å². The summed E-state index contributed by atoms with van der Waals surface area (Å²) in [5.74, 6) is 0. The molecule has 2 heterocycles. The molecule has 0 N–H and O–H groups in total. The van der Waals surface area contributed by atoms with Gasteiger partial charge in [-0.05, 0) is 11.1 Å². The summed E-state index contributed by atoms with van der Waals surface area (Å²) < 4.78 is 1.84. The van der Waals surface area contributed by atoms with Gasteiger partial charge in [-0.25, -0.2) is 4.68 Å². The number of nitrogens with zero attached hydrogens (tertiary/aromatic N) is 6. The predicted molar refractivity (Wildman–Crippen MR) is 125 cm³/mol. The van der Waals surface area contributed by atoms with E-state index in [2.05, 4.69) is 51.8 Å². The van der Waals surface area contributed by atoms with E-state index in [1.165, 1.54) is 5.56 Å². The van der Waals surface area contributed by atoms with Gasteiger partial charge in [-0.1, -0.05) is 108 Å². The van der Waals surface area contributed by atoms with Crippen molar-refractivity contribution in [3.63, 3.8) is 0 Å². The van der Waals surface area contributed by atoms with E-state index in [4.69, 9.17) is 5.10 Å². The SMILES string of the molecule is C(=C\C(c1cn(Cc2ccccc2)nn1)n1ncc(-c2ccccc2)n1)/c1ccccc1. The summed E-state index contributed by atoms with van der Waals surface area (Å²) in [7, 11) is 0. The van der Waals surface area contributed by atoms with Crippen molar-refractivity contribution in [1.29, 1.82) is 0 Å². The van der Waals surface area contributed by atoms with Crippen LogP contribution in [-0.4, -0.2) is 30.0 Å².